The Labute approximate surface area is 118 Å². The molecule has 0 fully saturated rings. The van der Waals surface area contributed by atoms with Gasteiger partial charge >= 0.3 is 0 Å². The minimum atomic E-state index is -0.683. The van der Waals surface area contributed by atoms with E-state index in [0.717, 1.165) is 11.6 Å². The van der Waals surface area contributed by atoms with Crippen LogP contribution in [0.2, 0.25) is 0 Å². The fourth-order valence-electron chi connectivity index (χ4n) is 1.61. The lowest BCUT2D eigenvalue weighted by Gasteiger charge is -2.08. The second-order valence-electron chi connectivity index (χ2n) is 4.10. The van der Waals surface area contributed by atoms with E-state index in [1.165, 1.54) is 12.1 Å². The predicted molar refractivity (Wildman–Crippen MR) is 74.9 cm³/mol. The van der Waals surface area contributed by atoms with Crippen molar-refractivity contribution in [2.24, 2.45) is 0 Å². The number of anilines is 1. The van der Waals surface area contributed by atoms with Gasteiger partial charge < -0.3 is 10.4 Å². The van der Waals surface area contributed by atoms with Crippen molar-refractivity contribution in [2.45, 2.75) is 6.92 Å². The molecule has 2 aromatic rings. The predicted octanol–water partition coefficient (Wildman–Crippen LogP) is 3.85. The third kappa shape index (κ3) is 3.12. The molecule has 0 radical (unpaired) electrons. The van der Waals surface area contributed by atoms with E-state index in [2.05, 4.69) is 21.2 Å². The zero-order chi connectivity index (χ0) is 14.0. The number of halogens is 2. The van der Waals surface area contributed by atoms with Crippen LogP contribution in [-0.4, -0.2) is 11.0 Å². The van der Waals surface area contributed by atoms with Crippen LogP contribution in [0.25, 0.3) is 0 Å². The summed E-state index contributed by atoms with van der Waals surface area (Å²) in [5, 5.41) is 11.6. The third-order valence-corrected chi connectivity index (χ3v) is 3.26. The van der Waals surface area contributed by atoms with Gasteiger partial charge in [-0.2, -0.15) is 0 Å². The number of rotatable bonds is 2. The molecule has 2 rings (SSSR count). The van der Waals surface area contributed by atoms with E-state index in [1.54, 1.807) is 12.1 Å². The van der Waals surface area contributed by atoms with Crippen LogP contribution in [0.3, 0.4) is 0 Å². The molecule has 2 N–H and O–H groups in total. The number of phenols is 1. The van der Waals surface area contributed by atoms with Gasteiger partial charge in [0, 0.05) is 10.5 Å². The molecule has 0 aromatic heterocycles. The number of carbonyl (C=O) groups is 1. The van der Waals surface area contributed by atoms with Crippen LogP contribution in [0, 0.1) is 12.7 Å². The van der Waals surface area contributed by atoms with Crippen molar-refractivity contribution in [1.29, 1.82) is 0 Å². The van der Waals surface area contributed by atoms with E-state index in [9.17, 15) is 9.18 Å². The van der Waals surface area contributed by atoms with Crippen LogP contribution in [0.1, 0.15) is 15.9 Å². The van der Waals surface area contributed by atoms with Crippen LogP contribution in [0.5, 0.6) is 5.75 Å². The molecular formula is C14H11BrFNO2. The number of hydrogen-bond acceptors (Lipinski definition) is 2. The summed E-state index contributed by atoms with van der Waals surface area (Å²) in [5.41, 5.74) is 1.38. The summed E-state index contributed by atoms with van der Waals surface area (Å²) in [6.45, 7) is 1.87. The molecule has 0 bridgehead atoms. The number of aromatic hydroxyl groups is 1. The normalized spacial score (nSPS) is 10.3. The highest BCUT2D eigenvalue weighted by Crippen LogP contribution is 2.23. The van der Waals surface area contributed by atoms with Gasteiger partial charge in [0.15, 0.2) is 0 Å². The molecule has 19 heavy (non-hydrogen) atoms. The van der Waals surface area contributed by atoms with Gasteiger partial charge in [0.2, 0.25) is 0 Å². The van der Waals surface area contributed by atoms with Crippen LogP contribution in [-0.2, 0) is 0 Å². The first-order chi connectivity index (χ1) is 8.97. The second-order valence-corrected chi connectivity index (χ2v) is 4.96. The fourth-order valence-corrected chi connectivity index (χ4v) is 2.03. The zero-order valence-corrected chi connectivity index (χ0v) is 11.7. The number of hydrogen-bond donors (Lipinski definition) is 2. The highest BCUT2D eigenvalue weighted by atomic mass is 79.9. The molecule has 3 nitrogen and oxygen atoms in total. The van der Waals surface area contributed by atoms with Crippen molar-refractivity contribution >= 4 is 27.5 Å². The first kappa shape index (κ1) is 13.5. The number of aryl methyl sites for hydroxylation is 1. The van der Waals surface area contributed by atoms with Crippen molar-refractivity contribution in [3.05, 3.63) is 57.8 Å². The third-order valence-electron chi connectivity index (χ3n) is 2.57. The Balaban J connectivity index is 2.28. The Kier molecular flexibility index (Phi) is 3.85. The molecule has 0 aliphatic carbocycles. The van der Waals surface area contributed by atoms with Gasteiger partial charge in [-0.25, -0.2) is 4.39 Å². The molecule has 0 spiro atoms. The maximum absolute atomic E-state index is 13.5. The Morgan fingerprint density at radius 2 is 2.00 bits per heavy atom. The van der Waals surface area contributed by atoms with E-state index in [1.807, 2.05) is 13.0 Å². The molecule has 0 aliphatic rings. The van der Waals surface area contributed by atoms with Crippen molar-refractivity contribution < 1.29 is 14.3 Å². The van der Waals surface area contributed by atoms with Crippen molar-refractivity contribution in [1.82, 2.24) is 0 Å². The van der Waals surface area contributed by atoms with Crippen LogP contribution < -0.4 is 5.32 Å². The number of amides is 1. The average molecular weight is 324 g/mol. The highest BCUT2D eigenvalue weighted by Gasteiger charge is 2.12. The average Bonchev–Trinajstić information content (AvgIpc) is 2.35. The van der Waals surface area contributed by atoms with Crippen LogP contribution in [0.4, 0.5) is 10.1 Å². The standard InChI is InChI=1S/C14H11BrFNO2/c1-8-2-4-11(15)10(6-8)14(19)17-13-5-3-9(18)7-12(13)16/h2-7,18H,1H3,(H,17,19). The molecule has 0 heterocycles. The fraction of sp³-hybridized carbons (Fsp3) is 0.0714. The number of carbonyl (C=O) groups excluding carboxylic acids is 1. The minimum Gasteiger partial charge on any atom is -0.508 e. The van der Waals surface area contributed by atoms with Crippen LogP contribution in [0.15, 0.2) is 40.9 Å². The summed E-state index contributed by atoms with van der Waals surface area (Å²) in [5.74, 6) is -1.29. The summed E-state index contributed by atoms with van der Waals surface area (Å²) in [6, 6.07) is 8.90. The molecule has 2 aromatic carbocycles. The van der Waals surface area contributed by atoms with E-state index >= 15 is 0 Å². The van der Waals surface area contributed by atoms with Gasteiger partial charge in [-0.3, -0.25) is 4.79 Å². The molecular weight excluding hydrogens is 313 g/mol. The molecule has 0 unspecified atom stereocenters. The zero-order valence-electron chi connectivity index (χ0n) is 10.1. The minimum absolute atomic E-state index is 0.0243. The Morgan fingerprint density at radius 1 is 1.26 bits per heavy atom. The molecule has 98 valence electrons. The van der Waals surface area contributed by atoms with Gasteiger partial charge in [0.1, 0.15) is 11.6 Å². The monoisotopic (exact) mass is 323 g/mol. The van der Waals surface area contributed by atoms with Crippen LogP contribution >= 0.6 is 15.9 Å². The number of phenolic OH excluding ortho intramolecular Hbond substituents is 1. The Hall–Kier alpha value is -1.88. The van der Waals surface area contributed by atoms with Gasteiger partial charge in [0.25, 0.3) is 5.91 Å². The summed E-state index contributed by atoms with van der Waals surface area (Å²) in [6.07, 6.45) is 0. The molecule has 0 aliphatic heterocycles. The molecule has 1 amide bonds. The van der Waals surface area contributed by atoms with E-state index in [-0.39, 0.29) is 11.4 Å². The summed E-state index contributed by atoms with van der Waals surface area (Å²) in [4.78, 5) is 12.1. The number of nitrogens with one attached hydrogen (secondary N) is 1. The largest absolute Gasteiger partial charge is 0.508 e. The lowest BCUT2D eigenvalue weighted by Crippen LogP contribution is -2.13. The maximum Gasteiger partial charge on any atom is 0.256 e. The number of benzene rings is 2. The summed E-state index contributed by atoms with van der Waals surface area (Å²) < 4.78 is 14.2. The highest BCUT2D eigenvalue weighted by molar-refractivity contribution is 9.10. The molecule has 0 saturated heterocycles. The topological polar surface area (TPSA) is 49.3 Å². The quantitative estimate of drug-likeness (QED) is 0.824. The second kappa shape index (κ2) is 5.40. The molecule has 0 saturated carbocycles. The van der Waals surface area contributed by atoms with Gasteiger partial charge in [-0.1, -0.05) is 11.6 Å². The van der Waals surface area contributed by atoms with E-state index in [0.29, 0.717) is 10.0 Å². The molecule has 0 atom stereocenters. The smallest absolute Gasteiger partial charge is 0.256 e. The molecule has 5 heteroatoms. The van der Waals surface area contributed by atoms with E-state index < -0.39 is 11.7 Å². The summed E-state index contributed by atoms with van der Waals surface area (Å²) >= 11 is 3.28. The van der Waals surface area contributed by atoms with Crippen molar-refractivity contribution in [3.63, 3.8) is 0 Å². The van der Waals surface area contributed by atoms with Gasteiger partial charge in [-0.05, 0) is 47.1 Å². The first-order valence-electron chi connectivity index (χ1n) is 5.53. The Morgan fingerprint density at radius 3 is 2.68 bits per heavy atom. The summed E-state index contributed by atoms with van der Waals surface area (Å²) in [7, 11) is 0. The Bertz CT molecular complexity index is 643. The van der Waals surface area contributed by atoms with Gasteiger partial charge in [0.05, 0.1) is 11.3 Å². The van der Waals surface area contributed by atoms with Crippen molar-refractivity contribution in [3.8, 4) is 5.75 Å². The maximum atomic E-state index is 13.5. The van der Waals surface area contributed by atoms with E-state index in [4.69, 9.17) is 5.11 Å². The lowest BCUT2D eigenvalue weighted by molar-refractivity contribution is 0.102. The SMILES string of the molecule is Cc1ccc(Br)c(C(=O)Nc2ccc(O)cc2F)c1. The van der Waals surface area contributed by atoms with Gasteiger partial charge in [-0.15, -0.1) is 0 Å². The first-order valence-corrected chi connectivity index (χ1v) is 6.32. The lowest BCUT2D eigenvalue weighted by atomic mass is 10.1. The van der Waals surface area contributed by atoms with Crippen molar-refractivity contribution in [2.75, 3.05) is 5.32 Å².